The van der Waals surface area contributed by atoms with Gasteiger partial charge in [-0.2, -0.15) is 0 Å². The van der Waals surface area contributed by atoms with Gasteiger partial charge in [-0.15, -0.1) is 11.3 Å². The van der Waals surface area contributed by atoms with Gasteiger partial charge >= 0.3 is 0 Å². The molecule has 0 saturated heterocycles. The van der Waals surface area contributed by atoms with Gasteiger partial charge in [0, 0.05) is 30.1 Å². The third-order valence-electron chi connectivity index (χ3n) is 4.12. The summed E-state index contributed by atoms with van der Waals surface area (Å²) in [7, 11) is 0. The summed E-state index contributed by atoms with van der Waals surface area (Å²) in [5.41, 5.74) is 0. The molecule has 0 bridgehead atoms. The number of aryl methyl sites for hydroxylation is 1. The Hall–Kier alpha value is -3.52. The van der Waals surface area contributed by atoms with E-state index in [1.807, 2.05) is 61.5 Å². The number of hydrogen-bond acceptors (Lipinski definition) is 7. The number of carbonyl (C=O) groups is 1. The van der Waals surface area contributed by atoms with Gasteiger partial charge < -0.3 is 16.0 Å². The number of amides is 1. The van der Waals surface area contributed by atoms with E-state index in [2.05, 4.69) is 30.9 Å². The van der Waals surface area contributed by atoms with Crippen molar-refractivity contribution in [2.75, 3.05) is 23.7 Å². The lowest BCUT2D eigenvalue weighted by Crippen LogP contribution is -2.28. The van der Waals surface area contributed by atoms with E-state index >= 15 is 0 Å². The van der Waals surface area contributed by atoms with Gasteiger partial charge in [-0.25, -0.2) is 15.0 Å². The first-order chi connectivity index (χ1) is 14.2. The third-order valence-corrected chi connectivity index (χ3v) is 5.24. The van der Waals surface area contributed by atoms with E-state index in [0.717, 1.165) is 10.1 Å². The van der Waals surface area contributed by atoms with Crippen LogP contribution in [0.25, 0.3) is 10.1 Å². The van der Waals surface area contributed by atoms with Gasteiger partial charge in [0.2, 0.25) is 0 Å². The predicted octanol–water partition coefficient (Wildman–Crippen LogP) is 3.98. The Morgan fingerprint density at radius 1 is 0.966 bits per heavy atom. The van der Waals surface area contributed by atoms with Crippen LogP contribution in [0.2, 0.25) is 0 Å². The fourth-order valence-electron chi connectivity index (χ4n) is 2.84. The Morgan fingerprint density at radius 2 is 1.79 bits per heavy atom. The van der Waals surface area contributed by atoms with Crippen LogP contribution in [0.4, 0.5) is 17.5 Å². The molecule has 0 radical (unpaired) electrons. The molecular formula is C21H20N6OS. The van der Waals surface area contributed by atoms with Crippen molar-refractivity contribution >= 4 is 44.8 Å². The largest absolute Gasteiger partial charge is 0.368 e. The Labute approximate surface area is 172 Å². The highest BCUT2D eigenvalue weighted by molar-refractivity contribution is 7.20. The molecule has 1 amide bonds. The van der Waals surface area contributed by atoms with Crippen LogP contribution < -0.4 is 16.0 Å². The van der Waals surface area contributed by atoms with Crippen molar-refractivity contribution in [2.45, 2.75) is 6.92 Å². The molecule has 0 unspecified atom stereocenters. The molecule has 0 aliphatic rings. The lowest BCUT2D eigenvalue weighted by Gasteiger charge is -2.10. The van der Waals surface area contributed by atoms with E-state index in [1.165, 1.54) is 11.3 Å². The zero-order valence-corrected chi connectivity index (χ0v) is 16.7. The molecule has 7 nitrogen and oxygen atoms in total. The average Bonchev–Trinajstić information content (AvgIpc) is 3.16. The summed E-state index contributed by atoms with van der Waals surface area (Å²) in [6.07, 6.45) is 1.72. The molecule has 4 rings (SSSR count). The third kappa shape index (κ3) is 4.85. The maximum Gasteiger partial charge on any atom is 0.261 e. The summed E-state index contributed by atoms with van der Waals surface area (Å²) in [6, 6.07) is 17.4. The molecular weight excluding hydrogens is 384 g/mol. The van der Waals surface area contributed by atoms with Gasteiger partial charge in [0.05, 0.1) is 4.88 Å². The minimum absolute atomic E-state index is 0.0654. The molecule has 1 aromatic carbocycles. The van der Waals surface area contributed by atoms with Crippen molar-refractivity contribution < 1.29 is 4.79 Å². The van der Waals surface area contributed by atoms with Gasteiger partial charge in [-0.05, 0) is 36.6 Å². The monoisotopic (exact) mass is 404 g/mol. The highest BCUT2D eigenvalue weighted by Gasteiger charge is 2.09. The van der Waals surface area contributed by atoms with Crippen LogP contribution in [0.1, 0.15) is 15.5 Å². The number of pyridine rings is 1. The first kappa shape index (κ1) is 18.8. The molecule has 0 fully saturated rings. The Morgan fingerprint density at radius 3 is 2.62 bits per heavy atom. The topological polar surface area (TPSA) is 91.8 Å². The highest BCUT2D eigenvalue weighted by Crippen LogP contribution is 2.25. The van der Waals surface area contributed by atoms with Crippen LogP contribution in [-0.4, -0.2) is 33.9 Å². The molecule has 29 heavy (non-hydrogen) atoms. The predicted molar refractivity (Wildman–Crippen MR) is 117 cm³/mol. The summed E-state index contributed by atoms with van der Waals surface area (Å²) in [6.45, 7) is 2.87. The van der Waals surface area contributed by atoms with Crippen LogP contribution in [0, 0.1) is 6.92 Å². The molecule has 0 spiro atoms. The minimum atomic E-state index is -0.0654. The SMILES string of the molecule is Cc1nc(NCCNC(=O)c2cc3ccccc3s2)cc(Nc2ccccn2)n1. The van der Waals surface area contributed by atoms with E-state index in [0.29, 0.717) is 41.2 Å². The average molecular weight is 404 g/mol. The molecule has 4 aromatic rings. The molecule has 0 saturated carbocycles. The van der Waals surface area contributed by atoms with Crippen LogP contribution in [0.5, 0.6) is 0 Å². The number of nitrogens with one attached hydrogen (secondary N) is 3. The molecule has 0 aliphatic heterocycles. The van der Waals surface area contributed by atoms with Crippen molar-refractivity contribution in [1.29, 1.82) is 0 Å². The highest BCUT2D eigenvalue weighted by atomic mass is 32.1. The zero-order valence-electron chi connectivity index (χ0n) is 15.8. The quantitative estimate of drug-likeness (QED) is 0.404. The van der Waals surface area contributed by atoms with E-state index in [-0.39, 0.29) is 5.91 Å². The molecule has 146 valence electrons. The number of anilines is 3. The van der Waals surface area contributed by atoms with Crippen molar-refractivity contribution in [3.8, 4) is 0 Å². The maximum atomic E-state index is 12.4. The molecule has 8 heteroatoms. The van der Waals surface area contributed by atoms with Crippen LogP contribution in [-0.2, 0) is 0 Å². The second-order valence-corrected chi connectivity index (χ2v) is 7.44. The van der Waals surface area contributed by atoms with Gasteiger partial charge in [0.15, 0.2) is 0 Å². The van der Waals surface area contributed by atoms with E-state index < -0.39 is 0 Å². The molecule has 3 N–H and O–H groups in total. The number of aromatic nitrogens is 3. The number of carbonyl (C=O) groups excluding carboxylic acids is 1. The molecule has 0 atom stereocenters. The zero-order chi connectivity index (χ0) is 20.1. The number of thiophene rings is 1. The lowest BCUT2D eigenvalue weighted by molar-refractivity contribution is 0.0959. The first-order valence-corrected chi connectivity index (χ1v) is 10.0. The Bertz CT molecular complexity index is 1100. The minimum Gasteiger partial charge on any atom is -0.368 e. The maximum absolute atomic E-state index is 12.4. The van der Waals surface area contributed by atoms with E-state index in [9.17, 15) is 4.79 Å². The standard InChI is InChI=1S/C21H20N6OS/c1-14-25-19(13-20(26-14)27-18-8-4-5-9-22-18)23-10-11-24-21(28)17-12-15-6-2-3-7-16(15)29-17/h2-9,12-13H,10-11H2,1H3,(H,24,28)(H2,22,23,25,26,27). The summed E-state index contributed by atoms with van der Waals surface area (Å²) < 4.78 is 1.11. The summed E-state index contributed by atoms with van der Waals surface area (Å²) in [5, 5.41) is 10.4. The summed E-state index contributed by atoms with van der Waals surface area (Å²) >= 11 is 1.50. The molecule has 0 aliphatic carbocycles. The first-order valence-electron chi connectivity index (χ1n) is 9.22. The number of hydrogen-bond donors (Lipinski definition) is 3. The van der Waals surface area contributed by atoms with Crippen molar-refractivity contribution in [3.63, 3.8) is 0 Å². The van der Waals surface area contributed by atoms with Crippen molar-refractivity contribution in [1.82, 2.24) is 20.3 Å². The smallest absolute Gasteiger partial charge is 0.261 e. The van der Waals surface area contributed by atoms with E-state index in [4.69, 9.17) is 0 Å². The fraction of sp³-hybridized carbons (Fsp3) is 0.143. The van der Waals surface area contributed by atoms with E-state index in [1.54, 1.807) is 6.20 Å². The number of fused-ring (bicyclic) bond motifs is 1. The summed E-state index contributed by atoms with van der Waals surface area (Å²) in [4.78, 5) is 26.1. The second-order valence-electron chi connectivity index (χ2n) is 6.36. The number of benzene rings is 1. The second kappa shape index (κ2) is 8.66. The van der Waals surface area contributed by atoms with Gasteiger partial charge in [0.1, 0.15) is 23.3 Å². The van der Waals surface area contributed by atoms with Crippen LogP contribution in [0.15, 0.2) is 60.8 Å². The molecule has 3 heterocycles. The van der Waals surface area contributed by atoms with Gasteiger partial charge in [-0.3, -0.25) is 4.79 Å². The van der Waals surface area contributed by atoms with Gasteiger partial charge in [-0.1, -0.05) is 24.3 Å². The lowest BCUT2D eigenvalue weighted by atomic mass is 10.2. The van der Waals surface area contributed by atoms with Crippen molar-refractivity contribution in [2.24, 2.45) is 0 Å². The summed E-state index contributed by atoms with van der Waals surface area (Å²) in [5.74, 6) is 2.64. The number of rotatable bonds is 7. The normalized spacial score (nSPS) is 10.7. The van der Waals surface area contributed by atoms with Crippen LogP contribution in [0.3, 0.4) is 0 Å². The van der Waals surface area contributed by atoms with Gasteiger partial charge in [0.25, 0.3) is 5.91 Å². The Kier molecular flexibility index (Phi) is 5.62. The van der Waals surface area contributed by atoms with Crippen LogP contribution >= 0.6 is 11.3 Å². The molecule has 3 aromatic heterocycles. The fourth-order valence-corrected chi connectivity index (χ4v) is 3.82. The Balaban J connectivity index is 1.31. The van der Waals surface area contributed by atoms with Crippen molar-refractivity contribution in [3.05, 3.63) is 71.5 Å². The number of nitrogens with zero attached hydrogens (tertiary/aromatic N) is 3.